The van der Waals surface area contributed by atoms with E-state index in [2.05, 4.69) is 0 Å². The van der Waals surface area contributed by atoms with Gasteiger partial charge in [0.15, 0.2) is 0 Å². The molecule has 18 heavy (non-hydrogen) atoms. The van der Waals surface area contributed by atoms with Crippen molar-refractivity contribution in [2.75, 3.05) is 6.54 Å². The highest BCUT2D eigenvalue weighted by molar-refractivity contribution is 6.17. The minimum absolute atomic E-state index is 0.0566. The van der Waals surface area contributed by atoms with Gasteiger partial charge in [-0.15, -0.1) is 11.6 Å². The van der Waals surface area contributed by atoms with Crippen LogP contribution < -0.4 is 0 Å². The van der Waals surface area contributed by atoms with Crippen LogP contribution in [0.3, 0.4) is 0 Å². The zero-order valence-electron chi connectivity index (χ0n) is 10.2. The van der Waals surface area contributed by atoms with Crippen molar-refractivity contribution in [2.45, 2.75) is 31.6 Å². The first kappa shape index (κ1) is 13.1. The number of carbonyl (C=O) groups is 2. The number of hydrogen-bond acceptors (Lipinski definition) is 2. The van der Waals surface area contributed by atoms with E-state index in [4.69, 9.17) is 11.6 Å². The highest BCUT2D eigenvalue weighted by Crippen LogP contribution is 2.15. The van der Waals surface area contributed by atoms with Crippen molar-refractivity contribution >= 4 is 23.4 Å². The second-order valence-electron chi connectivity index (χ2n) is 4.49. The maximum Gasteiger partial charge on any atom is 0.260 e. The fourth-order valence-electron chi connectivity index (χ4n) is 2.09. The van der Waals surface area contributed by atoms with Crippen LogP contribution in [-0.2, 0) is 10.7 Å². The van der Waals surface area contributed by atoms with Gasteiger partial charge in [0.25, 0.3) is 5.91 Å². The lowest BCUT2D eigenvalue weighted by Crippen LogP contribution is -2.36. The van der Waals surface area contributed by atoms with Crippen LogP contribution in [0.1, 0.15) is 41.6 Å². The molecule has 0 atom stereocenters. The lowest BCUT2D eigenvalue weighted by atomic mass is 10.1. The molecule has 2 rings (SSSR count). The molecule has 0 aromatic heterocycles. The summed E-state index contributed by atoms with van der Waals surface area (Å²) in [5.74, 6) is 0.179. The van der Waals surface area contributed by atoms with Crippen molar-refractivity contribution in [1.82, 2.24) is 4.90 Å². The summed E-state index contributed by atoms with van der Waals surface area (Å²) in [6.45, 7) is 0.537. The molecule has 1 heterocycles. The van der Waals surface area contributed by atoms with Crippen LogP contribution in [0, 0.1) is 0 Å². The summed E-state index contributed by atoms with van der Waals surface area (Å²) < 4.78 is 0. The quantitative estimate of drug-likeness (QED) is 0.609. The third-order valence-corrected chi connectivity index (χ3v) is 3.48. The maximum atomic E-state index is 12.2. The summed E-state index contributed by atoms with van der Waals surface area (Å²) >= 11 is 5.70. The lowest BCUT2D eigenvalue weighted by molar-refractivity contribution is -0.128. The van der Waals surface area contributed by atoms with Crippen molar-refractivity contribution in [3.8, 4) is 0 Å². The number of imide groups is 1. The first-order valence-corrected chi connectivity index (χ1v) is 6.75. The van der Waals surface area contributed by atoms with Gasteiger partial charge < -0.3 is 0 Å². The number of nitrogens with zero attached hydrogens (tertiary/aromatic N) is 1. The monoisotopic (exact) mass is 265 g/mol. The maximum absolute atomic E-state index is 12.2. The first-order chi connectivity index (χ1) is 8.72. The van der Waals surface area contributed by atoms with Crippen molar-refractivity contribution in [3.63, 3.8) is 0 Å². The molecule has 1 saturated heterocycles. The molecule has 1 aliphatic heterocycles. The predicted octanol–water partition coefficient (Wildman–Crippen LogP) is 2.97. The molecule has 1 aliphatic rings. The Morgan fingerprint density at radius 2 is 1.89 bits per heavy atom. The average molecular weight is 266 g/mol. The van der Waals surface area contributed by atoms with E-state index in [1.807, 2.05) is 12.1 Å². The lowest BCUT2D eigenvalue weighted by Gasteiger charge is -2.18. The molecule has 96 valence electrons. The number of amides is 2. The fraction of sp³-hybridized carbons (Fsp3) is 0.429. The number of benzene rings is 1. The molecule has 0 saturated carbocycles. The number of halogens is 1. The van der Waals surface area contributed by atoms with E-state index >= 15 is 0 Å². The van der Waals surface area contributed by atoms with Gasteiger partial charge in [-0.05, 0) is 30.5 Å². The molecule has 2 amide bonds. The Balaban J connectivity index is 2.15. The van der Waals surface area contributed by atoms with Gasteiger partial charge in [-0.2, -0.15) is 0 Å². The zero-order valence-corrected chi connectivity index (χ0v) is 10.9. The van der Waals surface area contributed by atoms with Crippen molar-refractivity contribution in [3.05, 3.63) is 35.4 Å². The summed E-state index contributed by atoms with van der Waals surface area (Å²) in [6.07, 6.45) is 3.28. The highest BCUT2D eigenvalue weighted by Gasteiger charge is 2.23. The summed E-state index contributed by atoms with van der Waals surface area (Å²) in [7, 11) is 0. The average Bonchev–Trinajstić information content (AvgIpc) is 2.63. The van der Waals surface area contributed by atoms with E-state index in [0.717, 1.165) is 24.8 Å². The van der Waals surface area contributed by atoms with Crippen LogP contribution >= 0.6 is 11.6 Å². The molecule has 0 radical (unpaired) electrons. The Labute approximate surface area is 112 Å². The number of likely N-dealkylation sites (tertiary alicyclic amines) is 1. The molecule has 0 bridgehead atoms. The predicted molar refractivity (Wildman–Crippen MR) is 70.5 cm³/mol. The van der Waals surface area contributed by atoms with E-state index in [0.29, 0.717) is 24.4 Å². The smallest absolute Gasteiger partial charge is 0.260 e. The fourth-order valence-corrected chi connectivity index (χ4v) is 2.27. The van der Waals surface area contributed by atoms with Crippen LogP contribution in [0.4, 0.5) is 0 Å². The van der Waals surface area contributed by atoms with Crippen LogP contribution in [0.25, 0.3) is 0 Å². The van der Waals surface area contributed by atoms with Gasteiger partial charge in [0, 0.05) is 24.4 Å². The Kier molecular flexibility index (Phi) is 4.37. The van der Waals surface area contributed by atoms with Crippen molar-refractivity contribution in [2.24, 2.45) is 0 Å². The van der Waals surface area contributed by atoms with Crippen LogP contribution in [0.15, 0.2) is 24.3 Å². The van der Waals surface area contributed by atoms with E-state index in [1.54, 1.807) is 12.1 Å². The van der Waals surface area contributed by atoms with E-state index in [1.165, 1.54) is 4.90 Å². The van der Waals surface area contributed by atoms with Crippen LogP contribution in [-0.4, -0.2) is 23.3 Å². The second kappa shape index (κ2) is 6.01. The van der Waals surface area contributed by atoms with Gasteiger partial charge >= 0.3 is 0 Å². The number of hydrogen-bond donors (Lipinski definition) is 0. The van der Waals surface area contributed by atoms with Gasteiger partial charge in [0.1, 0.15) is 0 Å². The van der Waals surface area contributed by atoms with Gasteiger partial charge in [0.05, 0.1) is 0 Å². The van der Waals surface area contributed by atoms with E-state index in [9.17, 15) is 9.59 Å². The highest BCUT2D eigenvalue weighted by atomic mass is 35.5. The standard InChI is InChI=1S/C14H16ClNO2/c15-10-11-5-7-12(8-6-11)14(18)16-9-3-1-2-4-13(16)17/h5-8H,1-4,9-10H2. The Bertz CT molecular complexity index is 442. The van der Waals surface area contributed by atoms with Crippen LogP contribution in [0.2, 0.25) is 0 Å². The number of carbonyl (C=O) groups excluding carboxylic acids is 2. The number of alkyl halides is 1. The summed E-state index contributed by atoms with van der Waals surface area (Å²) in [4.78, 5) is 25.4. The largest absolute Gasteiger partial charge is 0.279 e. The first-order valence-electron chi connectivity index (χ1n) is 6.22. The molecule has 0 unspecified atom stereocenters. The van der Waals surface area contributed by atoms with Crippen molar-refractivity contribution in [1.29, 1.82) is 0 Å². The molecule has 1 fully saturated rings. The van der Waals surface area contributed by atoms with Gasteiger partial charge in [-0.1, -0.05) is 18.6 Å². The third kappa shape index (κ3) is 2.91. The molecule has 1 aromatic carbocycles. The molecule has 1 aromatic rings. The molecular formula is C14H16ClNO2. The molecule has 0 N–H and O–H groups in total. The molecule has 0 aliphatic carbocycles. The minimum atomic E-state index is -0.192. The van der Waals surface area contributed by atoms with Gasteiger partial charge in [-0.3, -0.25) is 14.5 Å². The summed E-state index contributed by atoms with van der Waals surface area (Å²) in [5.41, 5.74) is 1.52. The van der Waals surface area contributed by atoms with Gasteiger partial charge in [0.2, 0.25) is 5.91 Å². The van der Waals surface area contributed by atoms with Crippen molar-refractivity contribution < 1.29 is 9.59 Å². The number of rotatable bonds is 2. The molecule has 4 heteroatoms. The second-order valence-corrected chi connectivity index (χ2v) is 4.76. The van der Waals surface area contributed by atoms with E-state index in [-0.39, 0.29) is 11.8 Å². The molecule has 3 nitrogen and oxygen atoms in total. The Hall–Kier alpha value is -1.35. The molecule has 0 spiro atoms. The molecular weight excluding hydrogens is 250 g/mol. The normalized spacial score (nSPS) is 16.5. The summed E-state index contributed by atoms with van der Waals surface area (Å²) in [5, 5.41) is 0. The topological polar surface area (TPSA) is 37.4 Å². The Morgan fingerprint density at radius 3 is 2.56 bits per heavy atom. The zero-order chi connectivity index (χ0) is 13.0. The van der Waals surface area contributed by atoms with Crippen LogP contribution in [0.5, 0.6) is 0 Å². The van der Waals surface area contributed by atoms with Gasteiger partial charge in [-0.25, -0.2) is 0 Å². The summed E-state index contributed by atoms with van der Waals surface area (Å²) in [6, 6.07) is 7.11. The SMILES string of the molecule is O=C1CCCCCN1C(=O)c1ccc(CCl)cc1. The minimum Gasteiger partial charge on any atom is -0.279 e. The third-order valence-electron chi connectivity index (χ3n) is 3.17. The Morgan fingerprint density at radius 1 is 1.17 bits per heavy atom. The van der Waals surface area contributed by atoms with E-state index < -0.39 is 0 Å².